The van der Waals surface area contributed by atoms with Gasteiger partial charge in [-0.1, -0.05) is 11.3 Å². The quantitative estimate of drug-likeness (QED) is 0.666. The number of rotatable bonds is 0. The standard InChI is InChI=1S/C7H6BrN3/c1-5-3-2-4-11-6(5)7(8)9-10-11/h2-4H,1H3. The lowest BCUT2D eigenvalue weighted by Gasteiger charge is -1.94. The van der Waals surface area contributed by atoms with Crippen LogP contribution in [0, 0.1) is 6.92 Å². The first-order valence-electron chi connectivity index (χ1n) is 3.25. The minimum absolute atomic E-state index is 0.801. The predicted octanol–water partition coefficient (Wildman–Crippen LogP) is 1.80. The number of fused-ring (bicyclic) bond motifs is 1. The Morgan fingerprint density at radius 1 is 1.55 bits per heavy atom. The summed E-state index contributed by atoms with van der Waals surface area (Å²) in [5.74, 6) is 0. The Hall–Kier alpha value is -0.900. The summed E-state index contributed by atoms with van der Waals surface area (Å²) in [6.45, 7) is 2.03. The molecule has 0 saturated carbocycles. The number of aryl methyl sites for hydroxylation is 1. The van der Waals surface area contributed by atoms with E-state index in [9.17, 15) is 0 Å². The number of nitrogens with zero attached hydrogens (tertiary/aromatic N) is 3. The molecule has 0 spiro atoms. The third-order valence-corrected chi connectivity index (χ3v) is 2.13. The summed E-state index contributed by atoms with van der Waals surface area (Å²) >= 11 is 3.32. The van der Waals surface area contributed by atoms with E-state index in [0.717, 1.165) is 10.1 Å². The lowest BCUT2D eigenvalue weighted by Crippen LogP contribution is -1.87. The molecule has 0 amide bonds. The fraction of sp³-hybridized carbons (Fsp3) is 0.143. The normalized spacial score (nSPS) is 10.7. The van der Waals surface area contributed by atoms with Gasteiger partial charge in [0.05, 0.1) is 0 Å². The topological polar surface area (TPSA) is 30.2 Å². The fourth-order valence-corrected chi connectivity index (χ4v) is 1.63. The summed E-state index contributed by atoms with van der Waals surface area (Å²) in [4.78, 5) is 0. The molecule has 0 atom stereocenters. The highest BCUT2D eigenvalue weighted by atomic mass is 79.9. The van der Waals surface area contributed by atoms with Crippen molar-refractivity contribution in [3.05, 3.63) is 28.5 Å². The molecule has 2 rings (SSSR count). The molecular formula is C7H6BrN3. The fourth-order valence-electron chi connectivity index (χ4n) is 1.07. The molecule has 0 aromatic carbocycles. The summed E-state index contributed by atoms with van der Waals surface area (Å²) in [7, 11) is 0. The van der Waals surface area contributed by atoms with Crippen molar-refractivity contribution in [2.75, 3.05) is 0 Å². The van der Waals surface area contributed by atoms with Gasteiger partial charge in [0.2, 0.25) is 0 Å². The highest BCUT2D eigenvalue weighted by Crippen LogP contribution is 2.17. The molecule has 0 radical (unpaired) electrons. The second-order valence-electron chi connectivity index (χ2n) is 2.36. The average Bonchev–Trinajstić information content (AvgIpc) is 2.34. The maximum absolute atomic E-state index is 3.90. The molecule has 0 N–H and O–H groups in total. The van der Waals surface area contributed by atoms with Gasteiger partial charge in [-0.25, -0.2) is 4.52 Å². The van der Waals surface area contributed by atoms with E-state index in [4.69, 9.17) is 0 Å². The van der Waals surface area contributed by atoms with E-state index in [1.807, 2.05) is 25.3 Å². The lowest BCUT2D eigenvalue weighted by molar-refractivity contribution is 0.850. The van der Waals surface area contributed by atoms with Gasteiger partial charge in [-0.2, -0.15) is 0 Å². The summed E-state index contributed by atoms with van der Waals surface area (Å²) in [5, 5.41) is 7.79. The van der Waals surface area contributed by atoms with Crippen LogP contribution in [0.25, 0.3) is 5.52 Å². The van der Waals surface area contributed by atoms with Gasteiger partial charge in [-0.15, -0.1) is 5.10 Å². The van der Waals surface area contributed by atoms with Crippen molar-refractivity contribution < 1.29 is 0 Å². The van der Waals surface area contributed by atoms with Crippen LogP contribution < -0.4 is 0 Å². The van der Waals surface area contributed by atoms with Gasteiger partial charge in [-0.05, 0) is 34.5 Å². The average molecular weight is 212 g/mol. The molecule has 3 nitrogen and oxygen atoms in total. The van der Waals surface area contributed by atoms with E-state index >= 15 is 0 Å². The zero-order chi connectivity index (χ0) is 7.84. The van der Waals surface area contributed by atoms with Gasteiger partial charge in [0, 0.05) is 6.20 Å². The van der Waals surface area contributed by atoms with Gasteiger partial charge >= 0.3 is 0 Å². The Morgan fingerprint density at radius 2 is 2.36 bits per heavy atom. The summed E-state index contributed by atoms with van der Waals surface area (Å²) in [6, 6.07) is 3.98. The number of hydrogen-bond acceptors (Lipinski definition) is 2. The van der Waals surface area contributed by atoms with Crippen LogP contribution in [0.15, 0.2) is 22.9 Å². The number of halogens is 1. The predicted molar refractivity (Wildman–Crippen MR) is 45.4 cm³/mol. The van der Waals surface area contributed by atoms with Gasteiger partial charge < -0.3 is 0 Å². The van der Waals surface area contributed by atoms with Crippen LogP contribution >= 0.6 is 15.9 Å². The van der Waals surface area contributed by atoms with Gasteiger partial charge in [0.25, 0.3) is 0 Å². The Morgan fingerprint density at radius 3 is 3.09 bits per heavy atom. The second-order valence-corrected chi connectivity index (χ2v) is 3.12. The molecule has 0 saturated heterocycles. The van der Waals surface area contributed by atoms with Crippen molar-refractivity contribution in [2.45, 2.75) is 6.92 Å². The van der Waals surface area contributed by atoms with E-state index in [0.29, 0.717) is 0 Å². The van der Waals surface area contributed by atoms with Crippen LogP contribution in [0.3, 0.4) is 0 Å². The summed E-state index contributed by atoms with van der Waals surface area (Å²) in [6.07, 6.45) is 1.88. The lowest BCUT2D eigenvalue weighted by atomic mass is 10.3. The Bertz CT molecular complexity index is 393. The van der Waals surface area contributed by atoms with Crippen LogP contribution in [-0.4, -0.2) is 14.8 Å². The van der Waals surface area contributed by atoms with Crippen molar-refractivity contribution in [3.63, 3.8) is 0 Å². The van der Waals surface area contributed by atoms with Gasteiger partial charge in [0.1, 0.15) is 5.52 Å². The molecule has 11 heavy (non-hydrogen) atoms. The first-order chi connectivity index (χ1) is 5.29. The number of aromatic nitrogens is 3. The van der Waals surface area contributed by atoms with Crippen molar-refractivity contribution in [1.82, 2.24) is 14.8 Å². The van der Waals surface area contributed by atoms with E-state index in [1.165, 1.54) is 5.56 Å². The molecular weight excluding hydrogens is 206 g/mol. The zero-order valence-corrected chi connectivity index (χ0v) is 7.54. The highest BCUT2D eigenvalue weighted by molar-refractivity contribution is 9.10. The molecule has 2 heterocycles. The first kappa shape index (κ1) is 6.79. The third-order valence-electron chi connectivity index (χ3n) is 1.60. The smallest absolute Gasteiger partial charge is 0.156 e. The van der Waals surface area contributed by atoms with Crippen molar-refractivity contribution in [2.24, 2.45) is 0 Å². The SMILES string of the molecule is Cc1cccn2nnc(Br)c12. The third kappa shape index (κ3) is 0.939. The molecule has 0 unspecified atom stereocenters. The van der Waals surface area contributed by atoms with Crippen LogP contribution in [0.5, 0.6) is 0 Å². The summed E-state index contributed by atoms with van der Waals surface area (Å²) < 4.78 is 2.55. The van der Waals surface area contributed by atoms with Crippen LogP contribution in [0.1, 0.15) is 5.56 Å². The molecule has 56 valence electrons. The van der Waals surface area contributed by atoms with Crippen molar-refractivity contribution in [1.29, 1.82) is 0 Å². The minimum Gasteiger partial charge on any atom is -0.219 e. The molecule has 2 aromatic rings. The molecule has 4 heteroatoms. The molecule has 0 aliphatic rings. The number of pyridine rings is 1. The van der Waals surface area contributed by atoms with E-state index in [-0.39, 0.29) is 0 Å². The van der Waals surface area contributed by atoms with Gasteiger partial charge in [0.15, 0.2) is 4.60 Å². The molecule has 0 bridgehead atoms. The van der Waals surface area contributed by atoms with Crippen LogP contribution in [0.2, 0.25) is 0 Å². The highest BCUT2D eigenvalue weighted by Gasteiger charge is 2.03. The molecule has 2 aromatic heterocycles. The van der Waals surface area contributed by atoms with Crippen LogP contribution in [-0.2, 0) is 0 Å². The maximum Gasteiger partial charge on any atom is 0.156 e. The van der Waals surface area contributed by atoms with E-state index < -0.39 is 0 Å². The maximum atomic E-state index is 3.90. The monoisotopic (exact) mass is 211 g/mol. The Labute approximate surface area is 72.2 Å². The Kier molecular flexibility index (Phi) is 1.42. The van der Waals surface area contributed by atoms with E-state index in [2.05, 4.69) is 26.2 Å². The first-order valence-corrected chi connectivity index (χ1v) is 4.04. The van der Waals surface area contributed by atoms with Crippen LogP contribution in [0.4, 0.5) is 0 Å². The summed E-state index contributed by atoms with van der Waals surface area (Å²) in [5.41, 5.74) is 2.21. The molecule has 0 aliphatic carbocycles. The van der Waals surface area contributed by atoms with Crippen molar-refractivity contribution in [3.8, 4) is 0 Å². The van der Waals surface area contributed by atoms with E-state index in [1.54, 1.807) is 4.52 Å². The van der Waals surface area contributed by atoms with Crippen molar-refractivity contribution >= 4 is 21.4 Å². The molecule has 0 fully saturated rings. The minimum atomic E-state index is 0.801. The Balaban J connectivity index is 2.96. The zero-order valence-electron chi connectivity index (χ0n) is 5.95. The molecule has 0 aliphatic heterocycles. The largest absolute Gasteiger partial charge is 0.219 e. The second kappa shape index (κ2) is 2.30. The number of hydrogen-bond donors (Lipinski definition) is 0. The van der Waals surface area contributed by atoms with Gasteiger partial charge in [-0.3, -0.25) is 0 Å².